The minimum Gasteiger partial charge on any atom is -0.378 e. The second-order valence-corrected chi connectivity index (χ2v) is 14.5. The van der Waals surface area contributed by atoms with E-state index in [9.17, 15) is 13.2 Å². The number of amides is 1. The SMILES string of the molecule is CCS(=O)(=O)N1CC[C@H](Nc2c(Br)cnc3nc(-c4cc(C)n(-c5cc(NC(=O)CCN(C)C)ccc5C)c4C)[nH]c23)C1. The van der Waals surface area contributed by atoms with Crippen LogP contribution in [-0.2, 0) is 14.8 Å². The minimum atomic E-state index is -3.23. The summed E-state index contributed by atoms with van der Waals surface area (Å²) < 4.78 is 29.3. The van der Waals surface area contributed by atoms with E-state index in [2.05, 4.69) is 67.9 Å². The standard InChI is InChI=1S/C30H39BrN8O3S/c1-7-43(41,42)38-13-10-22(17-38)34-27-24(31)16-32-30-28(27)35-29(36-30)23-14-19(3)39(20(23)4)25-15-21(9-8-18(25)2)33-26(40)11-12-37(5)6/h8-9,14-16,22H,7,10-13,17H2,1-6H3,(H,33,40)(H2,32,34,35,36)/t22-/m0/s1. The van der Waals surface area contributed by atoms with Crippen molar-refractivity contribution >= 4 is 54.4 Å². The van der Waals surface area contributed by atoms with Crippen LogP contribution in [0, 0.1) is 20.8 Å². The summed E-state index contributed by atoms with van der Waals surface area (Å²) in [6.07, 6.45) is 2.85. The van der Waals surface area contributed by atoms with Gasteiger partial charge in [-0.25, -0.2) is 18.4 Å². The van der Waals surface area contributed by atoms with Gasteiger partial charge in [0.2, 0.25) is 15.9 Å². The summed E-state index contributed by atoms with van der Waals surface area (Å²) in [5.74, 6) is 0.767. The Morgan fingerprint density at radius 1 is 1.21 bits per heavy atom. The first kappa shape index (κ1) is 31.2. The number of aromatic nitrogens is 4. The van der Waals surface area contributed by atoms with Gasteiger partial charge in [-0.3, -0.25) is 4.79 Å². The Labute approximate surface area is 261 Å². The molecular weight excluding hydrogens is 632 g/mol. The van der Waals surface area contributed by atoms with Gasteiger partial charge >= 0.3 is 0 Å². The molecule has 0 aliphatic carbocycles. The summed E-state index contributed by atoms with van der Waals surface area (Å²) in [5, 5.41) is 6.57. The normalized spacial score (nSPS) is 16.0. The molecule has 1 aromatic carbocycles. The van der Waals surface area contributed by atoms with Crippen molar-refractivity contribution in [2.45, 2.75) is 46.6 Å². The zero-order valence-electron chi connectivity index (χ0n) is 25.5. The summed E-state index contributed by atoms with van der Waals surface area (Å²) in [7, 11) is 0.670. The van der Waals surface area contributed by atoms with Crippen LogP contribution in [0.25, 0.3) is 28.2 Å². The van der Waals surface area contributed by atoms with Crippen molar-refractivity contribution in [3.05, 3.63) is 51.9 Å². The van der Waals surface area contributed by atoms with Crippen LogP contribution in [0.3, 0.4) is 0 Å². The average Bonchev–Trinajstić information content (AvgIpc) is 3.68. The van der Waals surface area contributed by atoms with E-state index in [4.69, 9.17) is 4.98 Å². The summed E-state index contributed by atoms with van der Waals surface area (Å²) in [6.45, 7) is 9.45. The van der Waals surface area contributed by atoms with E-state index in [-0.39, 0.29) is 17.7 Å². The topological polar surface area (TPSA) is 128 Å². The number of hydrogen-bond donors (Lipinski definition) is 3. The largest absolute Gasteiger partial charge is 0.378 e. The molecule has 0 radical (unpaired) electrons. The van der Waals surface area contributed by atoms with Gasteiger partial charge < -0.3 is 25.1 Å². The van der Waals surface area contributed by atoms with E-state index in [0.717, 1.165) is 49.6 Å². The molecule has 0 bridgehead atoms. The van der Waals surface area contributed by atoms with Crippen molar-refractivity contribution in [3.63, 3.8) is 0 Å². The molecule has 5 rings (SSSR count). The van der Waals surface area contributed by atoms with Crippen LogP contribution < -0.4 is 10.6 Å². The van der Waals surface area contributed by atoms with Gasteiger partial charge in [0, 0.05) is 60.9 Å². The highest BCUT2D eigenvalue weighted by molar-refractivity contribution is 9.10. The van der Waals surface area contributed by atoms with Crippen LogP contribution in [-0.4, -0.2) is 88.6 Å². The van der Waals surface area contributed by atoms with Gasteiger partial charge in [-0.1, -0.05) is 6.07 Å². The molecule has 1 atom stereocenters. The predicted molar refractivity (Wildman–Crippen MR) is 175 cm³/mol. The van der Waals surface area contributed by atoms with Gasteiger partial charge in [-0.05, 0) is 87.9 Å². The second-order valence-electron chi connectivity index (χ2n) is 11.4. The molecule has 13 heteroatoms. The molecular formula is C30H39BrN8O3S. The lowest BCUT2D eigenvalue weighted by molar-refractivity contribution is -0.116. The number of nitrogens with one attached hydrogen (secondary N) is 3. The number of pyridine rings is 1. The van der Waals surface area contributed by atoms with Crippen LogP contribution in [0.4, 0.5) is 11.4 Å². The van der Waals surface area contributed by atoms with Gasteiger partial charge in [0.25, 0.3) is 0 Å². The summed E-state index contributed by atoms with van der Waals surface area (Å²) in [6, 6.07) is 8.03. The zero-order valence-corrected chi connectivity index (χ0v) is 27.9. The monoisotopic (exact) mass is 670 g/mol. The van der Waals surface area contributed by atoms with E-state index >= 15 is 0 Å². The third kappa shape index (κ3) is 6.49. The smallest absolute Gasteiger partial charge is 0.225 e. The number of hydrogen-bond acceptors (Lipinski definition) is 7. The number of anilines is 2. The number of rotatable bonds is 10. The van der Waals surface area contributed by atoms with E-state index < -0.39 is 10.0 Å². The average molecular weight is 672 g/mol. The number of sulfonamides is 1. The molecule has 3 aromatic heterocycles. The minimum absolute atomic E-state index is 0.0206. The molecule has 11 nitrogen and oxygen atoms in total. The molecule has 1 aliphatic heterocycles. The van der Waals surface area contributed by atoms with Gasteiger partial charge in [0.1, 0.15) is 11.3 Å². The Kier molecular flexibility index (Phi) is 8.98. The molecule has 0 spiro atoms. The molecule has 4 aromatic rings. The first-order valence-corrected chi connectivity index (χ1v) is 16.8. The van der Waals surface area contributed by atoms with Crippen LogP contribution in [0.15, 0.2) is 34.9 Å². The Balaban J connectivity index is 1.45. The van der Waals surface area contributed by atoms with Crippen molar-refractivity contribution in [2.24, 2.45) is 0 Å². The first-order valence-electron chi connectivity index (χ1n) is 14.4. The Bertz CT molecular complexity index is 1780. The highest BCUT2D eigenvalue weighted by Crippen LogP contribution is 2.35. The fraction of sp³-hybridized carbons (Fsp3) is 0.433. The Morgan fingerprint density at radius 3 is 2.70 bits per heavy atom. The Hall–Kier alpha value is -3.26. The molecule has 43 heavy (non-hydrogen) atoms. The molecule has 3 N–H and O–H groups in total. The van der Waals surface area contributed by atoms with E-state index in [1.54, 1.807) is 17.4 Å². The number of carbonyl (C=O) groups excluding carboxylic acids is 1. The number of aryl methyl sites for hydroxylation is 2. The van der Waals surface area contributed by atoms with E-state index in [0.29, 0.717) is 43.9 Å². The van der Waals surface area contributed by atoms with Crippen molar-refractivity contribution in [1.82, 2.24) is 28.7 Å². The molecule has 0 unspecified atom stereocenters. The van der Waals surface area contributed by atoms with Crippen LogP contribution in [0.1, 0.15) is 36.7 Å². The van der Waals surface area contributed by atoms with Gasteiger partial charge in [-0.15, -0.1) is 0 Å². The molecule has 4 heterocycles. The van der Waals surface area contributed by atoms with Crippen molar-refractivity contribution in [2.75, 3.05) is 50.1 Å². The molecule has 230 valence electrons. The number of benzene rings is 1. The highest BCUT2D eigenvalue weighted by atomic mass is 79.9. The lowest BCUT2D eigenvalue weighted by atomic mass is 10.1. The fourth-order valence-electron chi connectivity index (χ4n) is 5.54. The number of carbonyl (C=O) groups is 1. The third-order valence-electron chi connectivity index (χ3n) is 7.94. The lowest BCUT2D eigenvalue weighted by Gasteiger charge is -2.17. The maximum atomic E-state index is 12.5. The van der Waals surface area contributed by atoms with Crippen molar-refractivity contribution in [1.29, 1.82) is 0 Å². The van der Waals surface area contributed by atoms with Crippen LogP contribution in [0.2, 0.25) is 0 Å². The molecule has 0 saturated carbocycles. The van der Waals surface area contributed by atoms with Crippen molar-refractivity contribution < 1.29 is 13.2 Å². The number of nitrogens with zero attached hydrogens (tertiary/aromatic N) is 5. The molecule has 1 aliphatic rings. The molecule has 1 amide bonds. The van der Waals surface area contributed by atoms with E-state index in [1.807, 2.05) is 37.2 Å². The number of H-pyrrole nitrogens is 1. The Morgan fingerprint density at radius 2 is 1.98 bits per heavy atom. The maximum Gasteiger partial charge on any atom is 0.225 e. The van der Waals surface area contributed by atoms with Gasteiger partial charge in [0.15, 0.2) is 5.65 Å². The lowest BCUT2D eigenvalue weighted by Crippen LogP contribution is -2.32. The highest BCUT2D eigenvalue weighted by Gasteiger charge is 2.31. The summed E-state index contributed by atoms with van der Waals surface area (Å²) in [4.78, 5) is 27.3. The maximum absolute atomic E-state index is 12.5. The first-order chi connectivity index (χ1) is 20.4. The summed E-state index contributed by atoms with van der Waals surface area (Å²) >= 11 is 3.63. The van der Waals surface area contributed by atoms with E-state index in [1.165, 1.54) is 0 Å². The number of aromatic amines is 1. The number of imidazole rings is 1. The fourth-order valence-corrected chi connectivity index (χ4v) is 7.11. The van der Waals surface area contributed by atoms with Crippen LogP contribution >= 0.6 is 15.9 Å². The molecule has 1 fully saturated rings. The quantitative estimate of drug-likeness (QED) is 0.221. The van der Waals surface area contributed by atoms with Gasteiger partial charge in [0.05, 0.1) is 21.6 Å². The number of halogens is 1. The van der Waals surface area contributed by atoms with Gasteiger partial charge in [-0.2, -0.15) is 4.31 Å². The molecule has 1 saturated heterocycles. The second kappa shape index (κ2) is 12.4. The zero-order chi connectivity index (χ0) is 31.1. The van der Waals surface area contributed by atoms with Crippen LogP contribution in [0.5, 0.6) is 0 Å². The predicted octanol–water partition coefficient (Wildman–Crippen LogP) is 4.83. The van der Waals surface area contributed by atoms with Crippen molar-refractivity contribution in [3.8, 4) is 17.1 Å². The summed E-state index contributed by atoms with van der Waals surface area (Å²) in [5.41, 5.74) is 7.93. The third-order valence-corrected chi connectivity index (χ3v) is 10.4. The number of fused-ring (bicyclic) bond motifs is 1.